The van der Waals surface area contributed by atoms with Gasteiger partial charge in [-0.05, 0) is 24.8 Å². The van der Waals surface area contributed by atoms with E-state index in [4.69, 9.17) is 4.42 Å². The van der Waals surface area contributed by atoms with Crippen molar-refractivity contribution in [2.45, 2.75) is 38.0 Å². The Morgan fingerprint density at radius 1 is 1.19 bits per heavy atom. The van der Waals surface area contributed by atoms with E-state index >= 15 is 0 Å². The summed E-state index contributed by atoms with van der Waals surface area (Å²) in [6, 6.07) is 10.2. The van der Waals surface area contributed by atoms with Gasteiger partial charge in [-0.2, -0.15) is 0 Å². The zero-order valence-corrected chi connectivity index (χ0v) is 15.5. The Morgan fingerprint density at radius 2 is 2.04 bits per heavy atom. The molecule has 3 heterocycles. The van der Waals surface area contributed by atoms with Crippen molar-refractivity contribution in [2.24, 2.45) is 0 Å². The van der Waals surface area contributed by atoms with E-state index in [0.717, 1.165) is 43.9 Å². The third kappa shape index (κ3) is 4.21. The summed E-state index contributed by atoms with van der Waals surface area (Å²) in [5, 5.41) is 0. The number of benzene rings is 1. The van der Waals surface area contributed by atoms with E-state index in [1.165, 1.54) is 5.56 Å². The number of oxazole rings is 1. The number of hydrogen-bond acceptors (Lipinski definition) is 4. The van der Waals surface area contributed by atoms with Gasteiger partial charge in [-0.3, -0.25) is 9.59 Å². The number of carbonyl (C=O) groups excluding carboxylic acids is 2. The van der Waals surface area contributed by atoms with E-state index in [-0.39, 0.29) is 24.3 Å². The fourth-order valence-electron chi connectivity index (χ4n) is 3.93. The molecule has 2 saturated heterocycles. The summed E-state index contributed by atoms with van der Waals surface area (Å²) in [6.07, 6.45) is 5.84. The lowest BCUT2D eigenvalue weighted by molar-refractivity contribution is -0.139. The van der Waals surface area contributed by atoms with Gasteiger partial charge in [0.05, 0.1) is 18.7 Å². The van der Waals surface area contributed by atoms with Crippen LogP contribution in [-0.4, -0.2) is 52.8 Å². The molecule has 0 saturated carbocycles. The molecule has 6 heteroatoms. The van der Waals surface area contributed by atoms with Crippen LogP contribution >= 0.6 is 0 Å². The molecule has 2 aliphatic rings. The Morgan fingerprint density at radius 3 is 2.81 bits per heavy atom. The molecule has 2 fully saturated rings. The van der Waals surface area contributed by atoms with Gasteiger partial charge in [0.2, 0.25) is 11.8 Å². The molecule has 6 nitrogen and oxygen atoms in total. The molecule has 0 radical (unpaired) electrons. The van der Waals surface area contributed by atoms with Gasteiger partial charge in [-0.15, -0.1) is 0 Å². The largest absolute Gasteiger partial charge is 0.445 e. The highest BCUT2D eigenvalue weighted by atomic mass is 16.4. The van der Waals surface area contributed by atoms with E-state index in [2.05, 4.69) is 17.1 Å². The molecular weight excluding hydrogens is 342 g/mol. The number of rotatable bonds is 5. The molecule has 1 unspecified atom stereocenters. The van der Waals surface area contributed by atoms with Crippen molar-refractivity contribution in [3.8, 4) is 0 Å². The standard InChI is InChI=1S/C21H25N3O3/c25-19-9-5-11-24(19)15-20(26)23-10-4-8-17(14-23)21-22-13-18(27-21)12-16-6-2-1-3-7-16/h1-3,6-7,13,17H,4-5,8-12,14-15H2. The summed E-state index contributed by atoms with van der Waals surface area (Å²) in [5.74, 6) is 1.82. The van der Waals surface area contributed by atoms with E-state index in [1.807, 2.05) is 23.1 Å². The van der Waals surface area contributed by atoms with Crippen LogP contribution in [0, 0.1) is 0 Å². The molecule has 142 valence electrons. The number of hydrogen-bond donors (Lipinski definition) is 0. The van der Waals surface area contributed by atoms with Crippen LogP contribution in [0.25, 0.3) is 0 Å². The highest BCUT2D eigenvalue weighted by molar-refractivity contribution is 5.86. The third-order valence-electron chi connectivity index (χ3n) is 5.41. The molecule has 0 N–H and O–H groups in total. The number of piperidine rings is 1. The quantitative estimate of drug-likeness (QED) is 0.815. The van der Waals surface area contributed by atoms with E-state index in [0.29, 0.717) is 19.5 Å². The molecule has 2 aromatic rings. The molecular formula is C21H25N3O3. The second-order valence-electron chi connectivity index (χ2n) is 7.42. The second-order valence-corrected chi connectivity index (χ2v) is 7.42. The van der Waals surface area contributed by atoms with Gasteiger partial charge in [-0.1, -0.05) is 30.3 Å². The Bertz CT molecular complexity index is 802. The number of carbonyl (C=O) groups is 2. The fourth-order valence-corrected chi connectivity index (χ4v) is 3.93. The van der Waals surface area contributed by atoms with E-state index < -0.39 is 0 Å². The van der Waals surface area contributed by atoms with Crippen LogP contribution in [-0.2, 0) is 16.0 Å². The molecule has 4 rings (SSSR count). The van der Waals surface area contributed by atoms with Crippen molar-refractivity contribution in [1.82, 2.24) is 14.8 Å². The maximum atomic E-state index is 12.6. The number of aromatic nitrogens is 1. The average molecular weight is 367 g/mol. The normalized spacial score (nSPS) is 20.3. The monoisotopic (exact) mass is 367 g/mol. The minimum Gasteiger partial charge on any atom is -0.445 e. The zero-order chi connectivity index (χ0) is 18.6. The van der Waals surface area contributed by atoms with E-state index in [9.17, 15) is 9.59 Å². The van der Waals surface area contributed by atoms with Crippen LogP contribution in [0.3, 0.4) is 0 Å². The second kappa shape index (κ2) is 7.94. The summed E-state index contributed by atoms with van der Waals surface area (Å²) in [5.41, 5.74) is 1.19. The van der Waals surface area contributed by atoms with Crippen LogP contribution in [0.1, 0.15) is 48.8 Å². The predicted octanol–water partition coefficient (Wildman–Crippen LogP) is 2.59. The minimum absolute atomic E-state index is 0.0333. The van der Waals surface area contributed by atoms with Gasteiger partial charge < -0.3 is 14.2 Å². The first-order chi connectivity index (χ1) is 13.2. The molecule has 2 amide bonds. The lowest BCUT2D eigenvalue weighted by Gasteiger charge is -2.32. The van der Waals surface area contributed by atoms with Gasteiger partial charge >= 0.3 is 0 Å². The lowest BCUT2D eigenvalue weighted by atomic mass is 9.98. The first kappa shape index (κ1) is 17.8. The summed E-state index contributed by atoms with van der Waals surface area (Å²) >= 11 is 0. The summed E-state index contributed by atoms with van der Waals surface area (Å²) < 4.78 is 5.99. The van der Waals surface area contributed by atoms with Crippen LogP contribution in [0.15, 0.2) is 40.9 Å². The molecule has 1 atom stereocenters. The van der Waals surface area contributed by atoms with Crippen molar-refractivity contribution < 1.29 is 14.0 Å². The first-order valence-corrected chi connectivity index (χ1v) is 9.73. The van der Waals surface area contributed by atoms with Crippen LogP contribution < -0.4 is 0 Å². The molecule has 0 spiro atoms. The van der Waals surface area contributed by atoms with Gasteiger partial charge in [-0.25, -0.2) is 4.98 Å². The molecule has 1 aromatic heterocycles. The third-order valence-corrected chi connectivity index (χ3v) is 5.41. The Kier molecular flexibility index (Phi) is 5.23. The Labute approximate surface area is 159 Å². The first-order valence-electron chi connectivity index (χ1n) is 9.73. The molecule has 0 bridgehead atoms. The van der Waals surface area contributed by atoms with Gasteiger partial charge in [0.25, 0.3) is 0 Å². The van der Waals surface area contributed by atoms with Crippen molar-refractivity contribution >= 4 is 11.8 Å². The van der Waals surface area contributed by atoms with Crippen molar-refractivity contribution in [3.63, 3.8) is 0 Å². The van der Waals surface area contributed by atoms with Gasteiger partial charge in [0, 0.05) is 32.5 Å². The van der Waals surface area contributed by atoms with Crippen molar-refractivity contribution in [3.05, 3.63) is 53.7 Å². The minimum atomic E-state index is 0.0333. The lowest BCUT2D eigenvalue weighted by Crippen LogP contribution is -2.45. The molecule has 0 aliphatic carbocycles. The average Bonchev–Trinajstić information content (AvgIpc) is 3.32. The number of likely N-dealkylation sites (tertiary alicyclic amines) is 2. The zero-order valence-electron chi connectivity index (χ0n) is 15.5. The maximum Gasteiger partial charge on any atom is 0.242 e. The topological polar surface area (TPSA) is 66.7 Å². The maximum absolute atomic E-state index is 12.6. The molecule has 1 aromatic carbocycles. The van der Waals surface area contributed by atoms with Crippen molar-refractivity contribution in [1.29, 1.82) is 0 Å². The van der Waals surface area contributed by atoms with Gasteiger partial charge in [0.1, 0.15) is 5.76 Å². The van der Waals surface area contributed by atoms with Crippen molar-refractivity contribution in [2.75, 3.05) is 26.2 Å². The highest BCUT2D eigenvalue weighted by Gasteiger charge is 2.30. The Hall–Kier alpha value is -2.63. The van der Waals surface area contributed by atoms with Crippen LogP contribution in [0.5, 0.6) is 0 Å². The predicted molar refractivity (Wildman–Crippen MR) is 100 cm³/mol. The highest BCUT2D eigenvalue weighted by Crippen LogP contribution is 2.27. The summed E-state index contributed by atoms with van der Waals surface area (Å²) in [7, 11) is 0. The van der Waals surface area contributed by atoms with Crippen LogP contribution in [0.4, 0.5) is 0 Å². The number of amides is 2. The summed E-state index contributed by atoms with van der Waals surface area (Å²) in [6.45, 7) is 2.27. The molecule has 27 heavy (non-hydrogen) atoms. The summed E-state index contributed by atoms with van der Waals surface area (Å²) in [4.78, 5) is 32.4. The Balaban J connectivity index is 1.36. The van der Waals surface area contributed by atoms with E-state index in [1.54, 1.807) is 11.1 Å². The smallest absolute Gasteiger partial charge is 0.242 e. The SMILES string of the molecule is O=C1CCCN1CC(=O)N1CCCC(c2ncc(Cc3ccccc3)o2)C1. The van der Waals surface area contributed by atoms with Gasteiger partial charge in [0.15, 0.2) is 5.89 Å². The van der Waals surface area contributed by atoms with Crippen LogP contribution in [0.2, 0.25) is 0 Å². The molecule has 2 aliphatic heterocycles. The number of nitrogens with zero attached hydrogens (tertiary/aromatic N) is 3. The fraction of sp³-hybridized carbons (Fsp3) is 0.476.